The molecule has 1 aliphatic rings. The molecule has 1 fully saturated rings. The molecule has 0 aromatic heterocycles. The van der Waals surface area contributed by atoms with Crippen molar-refractivity contribution in [2.45, 2.75) is 26.4 Å². The van der Waals surface area contributed by atoms with Crippen LogP contribution in [0.1, 0.15) is 20.3 Å². The average Bonchev–Trinajstić information content (AvgIpc) is 2.05. The zero-order chi connectivity index (χ0) is 8.27. The number of ether oxygens (including phenoxy) is 1. The van der Waals surface area contributed by atoms with Crippen LogP contribution in [0.25, 0.3) is 0 Å². The monoisotopic (exact) mass is 157 g/mol. The molecule has 0 bridgehead atoms. The fourth-order valence-corrected chi connectivity index (χ4v) is 1.69. The fraction of sp³-hybridized carbons (Fsp3) is 1.00. The number of piperidine rings is 1. The molecule has 1 heterocycles. The van der Waals surface area contributed by atoms with Crippen molar-refractivity contribution in [3.63, 3.8) is 0 Å². The van der Waals surface area contributed by atoms with Crippen molar-refractivity contribution in [1.82, 2.24) is 4.90 Å². The van der Waals surface area contributed by atoms with Gasteiger partial charge in [-0.2, -0.15) is 0 Å². The summed E-state index contributed by atoms with van der Waals surface area (Å²) in [4.78, 5) is 2.45. The molecule has 66 valence electrons. The summed E-state index contributed by atoms with van der Waals surface area (Å²) in [6.07, 6.45) is 1.75. The second kappa shape index (κ2) is 4.07. The van der Waals surface area contributed by atoms with Gasteiger partial charge >= 0.3 is 0 Å². The molecule has 0 saturated carbocycles. The number of methoxy groups -OCH3 is 1. The molecule has 2 unspecified atom stereocenters. The van der Waals surface area contributed by atoms with Crippen LogP contribution >= 0.6 is 0 Å². The van der Waals surface area contributed by atoms with E-state index in [2.05, 4.69) is 18.7 Å². The van der Waals surface area contributed by atoms with Gasteiger partial charge in [0.25, 0.3) is 0 Å². The highest BCUT2D eigenvalue weighted by Crippen LogP contribution is 2.18. The van der Waals surface area contributed by atoms with Crippen molar-refractivity contribution in [1.29, 1.82) is 0 Å². The quantitative estimate of drug-likeness (QED) is 0.600. The molecule has 2 atom stereocenters. The van der Waals surface area contributed by atoms with Crippen molar-refractivity contribution >= 4 is 0 Å². The van der Waals surface area contributed by atoms with Gasteiger partial charge in [0.15, 0.2) is 0 Å². The standard InChI is InChI=1S/C9H19NO/c1-4-10-6-5-8(2)9(7-10)11-3/h8-9H,4-7H2,1-3H3. The Morgan fingerprint density at radius 3 is 2.82 bits per heavy atom. The van der Waals surface area contributed by atoms with E-state index in [4.69, 9.17) is 4.74 Å². The van der Waals surface area contributed by atoms with Crippen LogP contribution in [-0.2, 0) is 4.74 Å². The SMILES string of the molecule is CCN1CCC(C)C(OC)C1. The minimum absolute atomic E-state index is 0.462. The molecule has 0 aliphatic carbocycles. The highest BCUT2D eigenvalue weighted by Gasteiger charge is 2.24. The molecular weight excluding hydrogens is 138 g/mol. The van der Waals surface area contributed by atoms with Crippen molar-refractivity contribution in [2.75, 3.05) is 26.7 Å². The third-order valence-electron chi connectivity index (χ3n) is 2.72. The summed E-state index contributed by atoms with van der Waals surface area (Å²) in [5.74, 6) is 0.739. The third-order valence-corrected chi connectivity index (χ3v) is 2.72. The van der Waals surface area contributed by atoms with Gasteiger partial charge in [-0.25, -0.2) is 0 Å². The molecule has 2 heteroatoms. The summed E-state index contributed by atoms with van der Waals surface area (Å²) in [5, 5.41) is 0. The Balaban J connectivity index is 2.37. The first-order valence-electron chi connectivity index (χ1n) is 4.53. The van der Waals surface area contributed by atoms with E-state index in [1.807, 2.05) is 7.11 Å². The Morgan fingerprint density at radius 1 is 1.55 bits per heavy atom. The van der Waals surface area contributed by atoms with Gasteiger partial charge in [-0.05, 0) is 25.4 Å². The molecule has 2 nitrogen and oxygen atoms in total. The van der Waals surface area contributed by atoms with Gasteiger partial charge in [0.1, 0.15) is 0 Å². The van der Waals surface area contributed by atoms with Crippen molar-refractivity contribution in [3.05, 3.63) is 0 Å². The lowest BCUT2D eigenvalue weighted by molar-refractivity contribution is -0.00318. The maximum atomic E-state index is 5.39. The lowest BCUT2D eigenvalue weighted by Gasteiger charge is -2.35. The predicted octanol–water partition coefficient (Wildman–Crippen LogP) is 1.36. The summed E-state index contributed by atoms with van der Waals surface area (Å²) in [6.45, 7) is 8.02. The van der Waals surface area contributed by atoms with Crippen molar-refractivity contribution < 1.29 is 4.74 Å². The summed E-state index contributed by atoms with van der Waals surface area (Å²) >= 11 is 0. The van der Waals surface area contributed by atoms with Gasteiger partial charge in [0.2, 0.25) is 0 Å². The fourth-order valence-electron chi connectivity index (χ4n) is 1.69. The minimum Gasteiger partial charge on any atom is -0.380 e. The first kappa shape index (κ1) is 9.01. The van der Waals surface area contributed by atoms with Gasteiger partial charge in [-0.1, -0.05) is 13.8 Å². The molecule has 0 aromatic carbocycles. The summed E-state index contributed by atoms with van der Waals surface area (Å²) in [7, 11) is 1.82. The Bertz CT molecular complexity index is 116. The van der Waals surface area contributed by atoms with Crippen LogP contribution in [0.3, 0.4) is 0 Å². The second-order valence-electron chi connectivity index (χ2n) is 3.43. The predicted molar refractivity (Wildman–Crippen MR) is 46.7 cm³/mol. The van der Waals surface area contributed by atoms with E-state index < -0.39 is 0 Å². The van der Waals surface area contributed by atoms with E-state index >= 15 is 0 Å². The average molecular weight is 157 g/mol. The van der Waals surface area contributed by atoms with E-state index in [0.29, 0.717) is 6.10 Å². The molecule has 1 rings (SSSR count). The number of likely N-dealkylation sites (tertiary alicyclic amines) is 1. The Labute approximate surface area is 69.5 Å². The van der Waals surface area contributed by atoms with Crippen LogP contribution in [0.15, 0.2) is 0 Å². The van der Waals surface area contributed by atoms with Gasteiger partial charge < -0.3 is 9.64 Å². The lowest BCUT2D eigenvalue weighted by atomic mass is 9.96. The summed E-state index contributed by atoms with van der Waals surface area (Å²) in [6, 6.07) is 0. The van der Waals surface area contributed by atoms with Gasteiger partial charge in [-0.15, -0.1) is 0 Å². The third kappa shape index (κ3) is 2.17. The highest BCUT2D eigenvalue weighted by molar-refractivity contribution is 4.77. The highest BCUT2D eigenvalue weighted by atomic mass is 16.5. The molecule has 0 N–H and O–H groups in total. The van der Waals surface area contributed by atoms with Crippen LogP contribution in [0.5, 0.6) is 0 Å². The van der Waals surface area contributed by atoms with Gasteiger partial charge in [-0.3, -0.25) is 0 Å². The van der Waals surface area contributed by atoms with E-state index in [1.54, 1.807) is 0 Å². The van der Waals surface area contributed by atoms with Crippen molar-refractivity contribution in [3.8, 4) is 0 Å². The number of rotatable bonds is 2. The smallest absolute Gasteiger partial charge is 0.0724 e. The van der Waals surface area contributed by atoms with Crippen LogP contribution in [0, 0.1) is 5.92 Å². The van der Waals surface area contributed by atoms with Crippen LogP contribution < -0.4 is 0 Å². The number of nitrogens with zero attached hydrogens (tertiary/aromatic N) is 1. The maximum Gasteiger partial charge on any atom is 0.0724 e. The first-order chi connectivity index (χ1) is 5.27. The molecule has 0 radical (unpaired) electrons. The van der Waals surface area contributed by atoms with Crippen molar-refractivity contribution in [2.24, 2.45) is 5.92 Å². The number of hydrogen-bond donors (Lipinski definition) is 0. The zero-order valence-corrected chi connectivity index (χ0v) is 7.84. The normalized spacial score (nSPS) is 34.1. The van der Waals surface area contributed by atoms with Gasteiger partial charge in [0, 0.05) is 13.7 Å². The van der Waals surface area contributed by atoms with Gasteiger partial charge in [0.05, 0.1) is 6.10 Å². The molecule has 1 aliphatic heterocycles. The molecule has 0 amide bonds. The maximum absolute atomic E-state index is 5.39. The van der Waals surface area contributed by atoms with E-state index in [-0.39, 0.29) is 0 Å². The Kier molecular flexibility index (Phi) is 3.34. The Morgan fingerprint density at radius 2 is 2.27 bits per heavy atom. The Hall–Kier alpha value is -0.0800. The summed E-state index contributed by atoms with van der Waals surface area (Å²) in [5.41, 5.74) is 0. The van der Waals surface area contributed by atoms with E-state index in [9.17, 15) is 0 Å². The zero-order valence-electron chi connectivity index (χ0n) is 7.84. The topological polar surface area (TPSA) is 12.5 Å². The lowest BCUT2D eigenvalue weighted by Crippen LogP contribution is -2.43. The number of likely N-dealkylation sites (N-methyl/N-ethyl adjacent to an activating group) is 1. The molecule has 0 spiro atoms. The number of hydrogen-bond acceptors (Lipinski definition) is 2. The second-order valence-corrected chi connectivity index (χ2v) is 3.43. The molecule has 1 saturated heterocycles. The van der Waals surface area contributed by atoms with E-state index in [0.717, 1.165) is 19.0 Å². The molecule has 11 heavy (non-hydrogen) atoms. The van der Waals surface area contributed by atoms with Crippen LogP contribution in [0.4, 0.5) is 0 Å². The van der Waals surface area contributed by atoms with Crippen LogP contribution in [-0.4, -0.2) is 37.7 Å². The van der Waals surface area contributed by atoms with E-state index in [1.165, 1.54) is 13.0 Å². The van der Waals surface area contributed by atoms with Crippen LogP contribution in [0.2, 0.25) is 0 Å². The minimum atomic E-state index is 0.462. The largest absolute Gasteiger partial charge is 0.380 e. The molecule has 0 aromatic rings. The summed E-state index contributed by atoms with van der Waals surface area (Å²) < 4.78 is 5.39. The first-order valence-corrected chi connectivity index (χ1v) is 4.53. The molecular formula is C9H19NO.